The standard InChI is InChI=1S/C13H19ClN2O/c1-4-11(16-12(17)13(2,3)15)9-5-7-10(14)8-6-9/h5-8,11H,4,15H2,1-3H3,(H,16,17). The molecule has 94 valence electrons. The van der Waals surface area contributed by atoms with Crippen molar-refractivity contribution < 1.29 is 4.79 Å². The van der Waals surface area contributed by atoms with Gasteiger partial charge in [0.25, 0.3) is 0 Å². The number of hydrogen-bond acceptors (Lipinski definition) is 2. The molecule has 0 radical (unpaired) electrons. The number of rotatable bonds is 4. The fraction of sp³-hybridized carbons (Fsp3) is 0.462. The van der Waals surface area contributed by atoms with E-state index < -0.39 is 5.54 Å². The molecule has 1 rings (SSSR count). The fourth-order valence-electron chi connectivity index (χ4n) is 1.46. The van der Waals surface area contributed by atoms with Crippen LogP contribution in [0.1, 0.15) is 38.8 Å². The largest absolute Gasteiger partial charge is 0.348 e. The van der Waals surface area contributed by atoms with E-state index >= 15 is 0 Å². The van der Waals surface area contributed by atoms with E-state index in [0.29, 0.717) is 5.02 Å². The van der Waals surface area contributed by atoms with Crippen LogP contribution in [0.4, 0.5) is 0 Å². The summed E-state index contributed by atoms with van der Waals surface area (Å²) in [4.78, 5) is 11.8. The van der Waals surface area contributed by atoms with Crippen molar-refractivity contribution in [2.45, 2.75) is 38.8 Å². The number of carbonyl (C=O) groups is 1. The topological polar surface area (TPSA) is 55.1 Å². The molecule has 3 nitrogen and oxygen atoms in total. The molecule has 3 N–H and O–H groups in total. The molecule has 0 bridgehead atoms. The van der Waals surface area contributed by atoms with Crippen LogP contribution >= 0.6 is 11.6 Å². The van der Waals surface area contributed by atoms with E-state index in [0.717, 1.165) is 12.0 Å². The smallest absolute Gasteiger partial charge is 0.239 e. The van der Waals surface area contributed by atoms with E-state index in [9.17, 15) is 4.79 Å². The molecule has 0 aliphatic carbocycles. The number of amides is 1. The second-order valence-corrected chi connectivity index (χ2v) is 5.14. The quantitative estimate of drug-likeness (QED) is 0.868. The second kappa shape index (κ2) is 5.52. The zero-order valence-electron chi connectivity index (χ0n) is 10.5. The molecular weight excluding hydrogens is 236 g/mol. The van der Waals surface area contributed by atoms with Crippen LogP contribution in [-0.2, 0) is 4.79 Å². The average molecular weight is 255 g/mol. The highest BCUT2D eigenvalue weighted by atomic mass is 35.5. The maximum Gasteiger partial charge on any atom is 0.239 e. The first-order valence-electron chi connectivity index (χ1n) is 5.70. The summed E-state index contributed by atoms with van der Waals surface area (Å²) in [5.41, 5.74) is 5.93. The summed E-state index contributed by atoms with van der Waals surface area (Å²) in [7, 11) is 0. The van der Waals surface area contributed by atoms with Crippen molar-refractivity contribution in [3.05, 3.63) is 34.9 Å². The van der Waals surface area contributed by atoms with E-state index in [1.807, 2.05) is 31.2 Å². The minimum atomic E-state index is -0.861. The van der Waals surface area contributed by atoms with Crippen molar-refractivity contribution in [1.29, 1.82) is 0 Å². The molecule has 0 saturated heterocycles. The molecule has 1 amide bonds. The Morgan fingerprint density at radius 2 is 1.94 bits per heavy atom. The molecule has 0 aromatic heterocycles. The van der Waals surface area contributed by atoms with Gasteiger partial charge in [0.1, 0.15) is 0 Å². The monoisotopic (exact) mass is 254 g/mol. The molecule has 0 fully saturated rings. The Bertz CT molecular complexity index is 381. The summed E-state index contributed by atoms with van der Waals surface area (Å²) in [5.74, 6) is -0.153. The van der Waals surface area contributed by atoms with Gasteiger partial charge in [-0.15, -0.1) is 0 Å². The van der Waals surface area contributed by atoms with Crippen molar-refractivity contribution in [2.24, 2.45) is 5.73 Å². The van der Waals surface area contributed by atoms with Gasteiger partial charge in [-0.05, 0) is 38.0 Å². The van der Waals surface area contributed by atoms with Gasteiger partial charge in [-0.2, -0.15) is 0 Å². The van der Waals surface area contributed by atoms with Crippen molar-refractivity contribution >= 4 is 17.5 Å². The van der Waals surface area contributed by atoms with Crippen LogP contribution < -0.4 is 11.1 Å². The number of nitrogens with two attached hydrogens (primary N) is 1. The SMILES string of the molecule is CCC(NC(=O)C(C)(C)N)c1ccc(Cl)cc1. The van der Waals surface area contributed by atoms with Crippen LogP contribution in [0.15, 0.2) is 24.3 Å². The number of hydrogen-bond donors (Lipinski definition) is 2. The molecule has 0 heterocycles. The maximum absolute atomic E-state index is 11.8. The number of benzene rings is 1. The van der Waals surface area contributed by atoms with E-state index in [1.165, 1.54) is 0 Å². The van der Waals surface area contributed by atoms with Crippen molar-refractivity contribution in [3.63, 3.8) is 0 Å². The van der Waals surface area contributed by atoms with Gasteiger partial charge in [0.05, 0.1) is 11.6 Å². The van der Waals surface area contributed by atoms with E-state index in [-0.39, 0.29) is 11.9 Å². The Labute approximate surface area is 107 Å². The van der Waals surface area contributed by atoms with Gasteiger partial charge in [0, 0.05) is 5.02 Å². The van der Waals surface area contributed by atoms with Gasteiger partial charge >= 0.3 is 0 Å². The minimum absolute atomic E-state index is 0.0254. The summed E-state index contributed by atoms with van der Waals surface area (Å²) in [6, 6.07) is 7.45. The van der Waals surface area contributed by atoms with Crippen molar-refractivity contribution in [1.82, 2.24) is 5.32 Å². The fourth-order valence-corrected chi connectivity index (χ4v) is 1.59. The summed E-state index contributed by atoms with van der Waals surface area (Å²) < 4.78 is 0. The van der Waals surface area contributed by atoms with Crippen LogP contribution in [0.2, 0.25) is 5.02 Å². The number of nitrogens with one attached hydrogen (secondary N) is 1. The van der Waals surface area contributed by atoms with Crippen LogP contribution in [0, 0.1) is 0 Å². The first-order valence-corrected chi connectivity index (χ1v) is 6.07. The molecule has 0 aliphatic heterocycles. The van der Waals surface area contributed by atoms with Gasteiger partial charge in [-0.25, -0.2) is 0 Å². The highest BCUT2D eigenvalue weighted by molar-refractivity contribution is 6.30. The minimum Gasteiger partial charge on any atom is -0.348 e. The molecule has 0 spiro atoms. The number of halogens is 1. The van der Waals surface area contributed by atoms with E-state index in [4.69, 9.17) is 17.3 Å². The highest BCUT2D eigenvalue weighted by Gasteiger charge is 2.24. The molecule has 1 aromatic rings. The summed E-state index contributed by atoms with van der Waals surface area (Å²) >= 11 is 5.83. The van der Waals surface area contributed by atoms with Crippen molar-refractivity contribution in [3.8, 4) is 0 Å². The normalized spacial score (nSPS) is 13.2. The van der Waals surface area contributed by atoms with Crippen LogP contribution in [0.3, 0.4) is 0 Å². The third kappa shape index (κ3) is 4.02. The Balaban J connectivity index is 2.79. The molecule has 0 aliphatic rings. The van der Waals surface area contributed by atoms with Gasteiger partial charge in [0.15, 0.2) is 0 Å². The lowest BCUT2D eigenvalue weighted by molar-refractivity contribution is -0.126. The van der Waals surface area contributed by atoms with Gasteiger partial charge in [-0.3, -0.25) is 4.79 Å². The second-order valence-electron chi connectivity index (χ2n) is 4.71. The Morgan fingerprint density at radius 3 is 2.35 bits per heavy atom. The zero-order chi connectivity index (χ0) is 13.1. The lowest BCUT2D eigenvalue weighted by Crippen LogP contribution is -2.49. The lowest BCUT2D eigenvalue weighted by atomic mass is 10.0. The molecule has 1 aromatic carbocycles. The predicted octanol–water partition coefficient (Wildman–Crippen LogP) is 2.64. The Morgan fingerprint density at radius 1 is 1.41 bits per heavy atom. The van der Waals surface area contributed by atoms with Crippen LogP contribution in [0.5, 0.6) is 0 Å². The zero-order valence-corrected chi connectivity index (χ0v) is 11.2. The Hall–Kier alpha value is -1.06. The summed E-state index contributed by atoms with van der Waals surface area (Å²) in [6.07, 6.45) is 0.809. The summed E-state index contributed by atoms with van der Waals surface area (Å²) in [6.45, 7) is 5.40. The Kier molecular flexibility index (Phi) is 4.54. The molecular formula is C13H19ClN2O. The molecule has 4 heteroatoms. The third-order valence-electron chi connectivity index (χ3n) is 2.57. The van der Waals surface area contributed by atoms with Gasteiger partial charge < -0.3 is 11.1 Å². The number of carbonyl (C=O) groups excluding carboxylic acids is 1. The molecule has 1 atom stereocenters. The van der Waals surface area contributed by atoms with E-state index in [1.54, 1.807) is 13.8 Å². The highest BCUT2D eigenvalue weighted by Crippen LogP contribution is 2.19. The van der Waals surface area contributed by atoms with Crippen LogP contribution in [0.25, 0.3) is 0 Å². The molecule has 0 saturated carbocycles. The summed E-state index contributed by atoms with van der Waals surface area (Å²) in [5, 5.41) is 3.62. The molecule has 1 unspecified atom stereocenters. The van der Waals surface area contributed by atoms with Gasteiger partial charge in [0.2, 0.25) is 5.91 Å². The first kappa shape index (κ1) is 14.0. The van der Waals surface area contributed by atoms with E-state index in [2.05, 4.69) is 5.32 Å². The predicted molar refractivity (Wildman–Crippen MR) is 70.9 cm³/mol. The van der Waals surface area contributed by atoms with Crippen molar-refractivity contribution in [2.75, 3.05) is 0 Å². The van der Waals surface area contributed by atoms with Gasteiger partial charge in [-0.1, -0.05) is 30.7 Å². The third-order valence-corrected chi connectivity index (χ3v) is 2.82. The lowest BCUT2D eigenvalue weighted by Gasteiger charge is -2.23. The average Bonchev–Trinajstić information content (AvgIpc) is 2.25. The maximum atomic E-state index is 11.8. The molecule has 17 heavy (non-hydrogen) atoms. The first-order chi connectivity index (χ1) is 7.84. The van der Waals surface area contributed by atoms with Crippen LogP contribution in [-0.4, -0.2) is 11.4 Å².